The molecule has 0 unspecified atom stereocenters. The largest absolute Gasteiger partial charge is 0.390 e. The summed E-state index contributed by atoms with van der Waals surface area (Å²) >= 11 is 0. The number of hydrogen-bond donors (Lipinski definition) is 2. The Bertz CT molecular complexity index is 319. The zero-order valence-corrected chi connectivity index (χ0v) is 8.24. The van der Waals surface area contributed by atoms with Crippen LogP contribution in [0.4, 0.5) is 5.82 Å². The van der Waals surface area contributed by atoms with E-state index in [1.807, 2.05) is 12.1 Å². The second-order valence-electron chi connectivity index (χ2n) is 4.20. The van der Waals surface area contributed by atoms with Crippen molar-refractivity contribution in [2.24, 2.45) is 0 Å². The van der Waals surface area contributed by atoms with Crippen LogP contribution >= 0.6 is 0 Å². The number of aliphatic hydroxyl groups is 1. The molecule has 1 aliphatic rings. The van der Waals surface area contributed by atoms with E-state index in [0.717, 1.165) is 31.2 Å². The SMILES string of the molecule is Nc1cc(CC2(O)CCCC2)ccn1. The Labute approximate surface area is 84.0 Å². The van der Waals surface area contributed by atoms with Crippen molar-refractivity contribution in [3.8, 4) is 0 Å². The van der Waals surface area contributed by atoms with Gasteiger partial charge in [0, 0.05) is 12.6 Å². The molecule has 1 heterocycles. The molecule has 3 N–H and O–H groups in total. The molecule has 76 valence electrons. The van der Waals surface area contributed by atoms with Gasteiger partial charge in [-0.1, -0.05) is 12.8 Å². The van der Waals surface area contributed by atoms with Crippen LogP contribution in [0.5, 0.6) is 0 Å². The van der Waals surface area contributed by atoms with E-state index in [9.17, 15) is 5.11 Å². The first-order valence-electron chi connectivity index (χ1n) is 5.11. The van der Waals surface area contributed by atoms with Gasteiger partial charge in [0.2, 0.25) is 0 Å². The summed E-state index contributed by atoms with van der Waals surface area (Å²) in [7, 11) is 0. The molecule has 1 saturated carbocycles. The fraction of sp³-hybridized carbons (Fsp3) is 0.545. The van der Waals surface area contributed by atoms with Gasteiger partial charge < -0.3 is 10.8 Å². The van der Waals surface area contributed by atoms with E-state index in [1.54, 1.807) is 6.20 Å². The number of aromatic nitrogens is 1. The van der Waals surface area contributed by atoms with Crippen LogP contribution in [0.3, 0.4) is 0 Å². The Hall–Kier alpha value is -1.09. The summed E-state index contributed by atoms with van der Waals surface area (Å²) in [6.45, 7) is 0. The van der Waals surface area contributed by atoms with Gasteiger partial charge in [0.1, 0.15) is 5.82 Å². The molecule has 0 radical (unpaired) electrons. The molecule has 1 aromatic heterocycles. The predicted octanol–water partition coefficient (Wildman–Crippen LogP) is 1.51. The van der Waals surface area contributed by atoms with Crippen LogP contribution in [-0.4, -0.2) is 15.7 Å². The molecule has 0 saturated heterocycles. The molecule has 0 spiro atoms. The maximum atomic E-state index is 10.2. The van der Waals surface area contributed by atoms with Crippen LogP contribution in [0, 0.1) is 0 Å². The highest BCUT2D eigenvalue weighted by atomic mass is 16.3. The zero-order chi connectivity index (χ0) is 10.0. The zero-order valence-electron chi connectivity index (χ0n) is 8.24. The number of pyridine rings is 1. The minimum absolute atomic E-state index is 0.492. The van der Waals surface area contributed by atoms with E-state index in [1.165, 1.54) is 0 Å². The van der Waals surface area contributed by atoms with Crippen molar-refractivity contribution in [1.82, 2.24) is 4.98 Å². The van der Waals surface area contributed by atoms with Gasteiger partial charge in [-0.2, -0.15) is 0 Å². The van der Waals surface area contributed by atoms with Crippen LogP contribution in [0.2, 0.25) is 0 Å². The number of hydrogen-bond acceptors (Lipinski definition) is 3. The maximum Gasteiger partial charge on any atom is 0.123 e. The summed E-state index contributed by atoms with van der Waals surface area (Å²) in [6.07, 6.45) is 6.50. The monoisotopic (exact) mass is 192 g/mol. The highest BCUT2D eigenvalue weighted by Gasteiger charge is 2.30. The van der Waals surface area contributed by atoms with Crippen molar-refractivity contribution < 1.29 is 5.11 Å². The topological polar surface area (TPSA) is 59.1 Å². The number of nitrogens with zero attached hydrogens (tertiary/aromatic N) is 1. The van der Waals surface area contributed by atoms with Crippen LogP contribution < -0.4 is 5.73 Å². The quantitative estimate of drug-likeness (QED) is 0.746. The van der Waals surface area contributed by atoms with Gasteiger partial charge in [0.15, 0.2) is 0 Å². The summed E-state index contributed by atoms with van der Waals surface area (Å²) in [5.41, 5.74) is 6.18. The lowest BCUT2D eigenvalue weighted by molar-refractivity contribution is 0.0482. The molecule has 0 bridgehead atoms. The first-order valence-corrected chi connectivity index (χ1v) is 5.11. The van der Waals surface area contributed by atoms with Gasteiger partial charge in [-0.15, -0.1) is 0 Å². The molecule has 0 atom stereocenters. The van der Waals surface area contributed by atoms with E-state index in [0.29, 0.717) is 12.2 Å². The first kappa shape index (κ1) is 9.46. The van der Waals surface area contributed by atoms with Gasteiger partial charge in [-0.25, -0.2) is 4.98 Å². The van der Waals surface area contributed by atoms with Gasteiger partial charge in [0.25, 0.3) is 0 Å². The Morgan fingerprint density at radius 2 is 2.14 bits per heavy atom. The molecule has 0 amide bonds. The number of nitrogen functional groups attached to an aromatic ring is 1. The van der Waals surface area contributed by atoms with Crippen molar-refractivity contribution >= 4 is 5.82 Å². The molecule has 2 rings (SSSR count). The van der Waals surface area contributed by atoms with E-state index in [2.05, 4.69) is 4.98 Å². The molecule has 14 heavy (non-hydrogen) atoms. The lowest BCUT2D eigenvalue weighted by Gasteiger charge is -2.21. The van der Waals surface area contributed by atoms with Gasteiger partial charge in [0.05, 0.1) is 5.60 Å². The summed E-state index contributed by atoms with van der Waals surface area (Å²) in [6, 6.07) is 3.77. The average molecular weight is 192 g/mol. The lowest BCUT2D eigenvalue weighted by atomic mass is 9.93. The van der Waals surface area contributed by atoms with Crippen molar-refractivity contribution in [3.05, 3.63) is 23.9 Å². The molecular weight excluding hydrogens is 176 g/mol. The summed E-state index contributed by atoms with van der Waals surface area (Å²) < 4.78 is 0. The predicted molar refractivity (Wildman–Crippen MR) is 55.8 cm³/mol. The maximum absolute atomic E-state index is 10.2. The Morgan fingerprint density at radius 3 is 2.79 bits per heavy atom. The summed E-state index contributed by atoms with van der Waals surface area (Å²) in [4.78, 5) is 3.93. The molecule has 1 aliphatic carbocycles. The summed E-state index contributed by atoms with van der Waals surface area (Å²) in [5.74, 6) is 0.532. The van der Waals surface area contributed by atoms with Gasteiger partial charge >= 0.3 is 0 Å². The third-order valence-corrected chi connectivity index (χ3v) is 2.91. The fourth-order valence-electron chi connectivity index (χ4n) is 2.19. The molecule has 0 aromatic carbocycles. The number of nitrogens with two attached hydrogens (primary N) is 1. The van der Waals surface area contributed by atoms with E-state index >= 15 is 0 Å². The van der Waals surface area contributed by atoms with Crippen LogP contribution in [0.15, 0.2) is 18.3 Å². The van der Waals surface area contributed by atoms with Crippen LogP contribution in [0.1, 0.15) is 31.2 Å². The van der Waals surface area contributed by atoms with Crippen molar-refractivity contribution in [3.63, 3.8) is 0 Å². The van der Waals surface area contributed by atoms with Crippen molar-refractivity contribution in [2.45, 2.75) is 37.7 Å². The Morgan fingerprint density at radius 1 is 1.43 bits per heavy atom. The third-order valence-electron chi connectivity index (χ3n) is 2.91. The normalized spacial score (nSPS) is 19.8. The fourth-order valence-corrected chi connectivity index (χ4v) is 2.19. The Balaban J connectivity index is 2.10. The number of anilines is 1. The molecule has 3 heteroatoms. The highest BCUT2D eigenvalue weighted by Crippen LogP contribution is 2.32. The minimum atomic E-state index is -0.492. The van der Waals surface area contributed by atoms with E-state index < -0.39 is 5.60 Å². The third kappa shape index (κ3) is 2.04. The lowest BCUT2D eigenvalue weighted by Crippen LogP contribution is -2.27. The van der Waals surface area contributed by atoms with Crippen molar-refractivity contribution in [1.29, 1.82) is 0 Å². The van der Waals surface area contributed by atoms with Crippen LogP contribution in [0.25, 0.3) is 0 Å². The smallest absolute Gasteiger partial charge is 0.123 e. The molecule has 1 fully saturated rings. The van der Waals surface area contributed by atoms with Crippen molar-refractivity contribution in [2.75, 3.05) is 5.73 Å². The molecule has 0 aliphatic heterocycles. The van der Waals surface area contributed by atoms with Crippen LogP contribution in [-0.2, 0) is 6.42 Å². The summed E-state index contributed by atoms with van der Waals surface area (Å²) in [5, 5.41) is 10.2. The first-order chi connectivity index (χ1) is 6.68. The van der Waals surface area contributed by atoms with Gasteiger partial charge in [-0.05, 0) is 30.5 Å². The molecular formula is C11H16N2O. The average Bonchev–Trinajstić information content (AvgIpc) is 2.51. The second-order valence-corrected chi connectivity index (χ2v) is 4.20. The molecule has 1 aromatic rings. The Kier molecular flexibility index (Phi) is 2.42. The number of rotatable bonds is 2. The highest BCUT2D eigenvalue weighted by molar-refractivity contribution is 5.32. The standard InChI is InChI=1S/C11H16N2O/c12-10-7-9(3-6-13-10)8-11(14)4-1-2-5-11/h3,6-7,14H,1-2,4-5,8H2,(H2,12,13). The minimum Gasteiger partial charge on any atom is -0.390 e. The molecule has 3 nitrogen and oxygen atoms in total. The van der Waals surface area contributed by atoms with E-state index in [-0.39, 0.29) is 0 Å². The van der Waals surface area contributed by atoms with E-state index in [4.69, 9.17) is 5.73 Å². The second kappa shape index (κ2) is 3.58. The van der Waals surface area contributed by atoms with Gasteiger partial charge in [-0.3, -0.25) is 0 Å².